The molecule has 0 unspecified atom stereocenters. The predicted molar refractivity (Wildman–Crippen MR) is 21.7 cm³/mol. The molecule has 30 valence electrons. The quantitative estimate of drug-likeness (QED) is 0.506. The lowest BCUT2D eigenvalue weighted by molar-refractivity contribution is 0.307. The first-order valence-corrected chi connectivity index (χ1v) is 1.68. The highest BCUT2D eigenvalue weighted by Crippen LogP contribution is 1.56. The van der Waals surface area contributed by atoms with Crippen molar-refractivity contribution in [1.82, 2.24) is 0 Å². The maximum absolute atomic E-state index is 7.91. The predicted octanol–water partition coefficient (Wildman–Crippen LogP) is -0.291. The van der Waals surface area contributed by atoms with E-state index in [0.29, 0.717) is 6.54 Å². The average Bonchev–Trinajstić information content (AvgIpc) is 1.41. The van der Waals surface area contributed by atoms with Gasteiger partial charge in [0.15, 0.2) is 0 Å². The van der Waals surface area contributed by atoms with Gasteiger partial charge in [0.2, 0.25) is 0 Å². The molecule has 0 saturated heterocycles. The minimum Gasteiger partial charge on any atom is -0.394 e. The van der Waals surface area contributed by atoms with E-state index in [2.05, 4.69) is 16.8 Å². The Bertz CT molecular complexity index is 30.8. The number of rotatable bonds is 2. The van der Waals surface area contributed by atoms with Crippen molar-refractivity contribution in [3.8, 4) is 0 Å². The zero-order valence-electron chi connectivity index (χ0n) is 2.72. The molecule has 0 rings (SSSR count). The summed E-state index contributed by atoms with van der Waals surface area (Å²) >= 11 is 4.12. The molecule has 5 heavy (non-hydrogen) atoms. The normalized spacial score (nSPS) is 7.40. The van der Waals surface area contributed by atoms with E-state index in [1.165, 1.54) is 0 Å². The Balaban J connectivity index is 2.40. The van der Waals surface area contributed by atoms with E-state index < -0.39 is 0 Å². The number of hydrogen-bond acceptors (Lipinski definition) is 3. The van der Waals surface area contributed by atoms with Crippen molar-refractivity contribution < 1.29 is 5.11 Å². The van der Waals surface area contributed by atoms with Crippen LogP contribution < -0.4 is 0 Å². The lowest BCUT2D eigenvalue weighted by atomic mass is 10.8. The second-order valence-electron chi connectivity index (χ2n) is 0.576. The van der Waals surface area contributed by atoms with Crippen LogP contribution in [0.15, 0.2) is 4.36 Å². The minimum atomic E-state index is 0.0729. The fourth-order valence-electron chi connectivity index (χ4n) is 0.0408. The third-order valence-corrected chi connectivity index (χ3v) is 0.374. The number of hydrogen-bond donors (Lipinski definition) is 1. The van der Waals surface area contributed by atoms with Gasteiger partial charge >= 0.3 is 0 Å². The van der Waals surface area contributed by atoms with Gasteiger partial charge in [0.05, 0.1) is 13.2 Å². The topological polar surface area (TPSA) is 32.6 Å². The van der Waals surface area contributed by atoms with Crippen molar-refractivity contribution in [2.75, 3.05) is 13.2 Å². The molecule has 0 saturated carbocycles. The molecule has 0 aliphatic heterocycles. The van der Waals surface area contributed by atoms with Crippen LogP contribution >= 0.6 is 0 Å². The van der Waals surface area contributed by atoms with Gasteiger partial charge in [0.25, 0.3) is 0 Å². The van der Waals surface area contributed by atoms with Crippen LogP contribution in [0.3, 0.4) is 0 Å². The van der Waals surface area contributed by atoms with Crippen molar-refractivity contribution in [2.24, 2.45) is 4.36 Å². The van der Waals surface area contributed by atoms with Gasteiger partial charge in [-0.3, -0.25) is 0 Å². The van der Waals surface area contributed by atoms with Crippen molar-refractivity contribution in [1.29, 1.82) is 0 Å². The summed E-state index contributed by atoms with van der Waals surface area (Å²) in [6.45, 7) is 0.457. The highest BCUT2D eigenvalue weighted by atomic mass is 32.1. The first-order valence-electron chi connectivity index (χ1n) is 1.32. The van der Waals surface area contributed by atoms with Gasteiger partial charge in [-0.15, -0.1) is 0 Å². The monoisotopic (exact) mass is 91.0 g/mol. The summed E-state index contributed by atoms with van der Waals surface area (Å²) in [4.78, 5) is 0. The second kappa shape index (κ2) is 3.98. The van der Waals surface area contributed by atoms with Crippen LogP contribution in [-0.4, -0.2) is 18.3 Å². The molecular formula is C2H5NOS. The number of nitrogens with zero attached hydrogens (tertiary/aromatic N) is 1. The maximum Gasteiger partial charge on any atom is 0.0752 e. The van der Waals surface area contributed by atoms with Crippen molar-refractivity contribution >= 4 is 12.4 Å². The van der Waals surface area contributed by atoms with Crippen LogP contribution in [0.4, 0.5) is 0 Å². The molecule has 0 aliphatic rings. The van der Waals surface area contributed by atoms with E-state index in [0.717, 1.165) is 0 Å². The fourth-order valence-corrected chi connectivity index (χ4v) is 0.122. The standard InChI is InChI=1S/C2H5NOS/c4-2-1-3-5/h4H,1-2H2. The van der Waals surface area contributed by atoms with Crippen LogP contribution in [-0.2, 0) is 12.4 Å². The summed E-state index contributed by atoms with van der Waals surface area (Å²) in [6, 6.07) is 0. The largest absolute Gasteiger partial charge is 0.394 e. The van der Waals surface area contributed by atoms with Gasteiger partial charge in [-0.25, -0.2) is 4.36 Å². The molecule has 0 heterocycles. The first-order chi connectivity index (χ1) is 2.41. The molecule has 3 heteroatoms. The molecule has 0 aliphatic carbocycles. The van der Waals surface area contributed by atoms with Gasteiger partial charge in [-0.1, -0.05) is 0 Å². The number of aliphatic hydroxyl groups is 1. The molecule has 1 N–H and O–H groups in total. The Morgan fingerprint density at radius 2 is 2.40 bits per heavy atom. The van der Waals surface area contributed by atoms with E-state index >= 15 is 0 Å². The molecule has 0 atom stereocenters. The maximum atomic E-state index is 7.91. The first kappa shape index (κ1) is 4.98. The molecule has 0 spiro atoms. The van der Waals surface area contributed by atoms with Crippen LogP contribution in [0, 0.1) is 0 Å². The summed E-state index contributed by atoms with van der Waals surface area (Å²) in [5.74, 6) is 0. The Morgan fingerprint density at radius 3 is 2.40 bits per heavy atom. The van der Waals surface area contributed by atoms with E-state index in [1.54, 1.807) is 0 Å². The zero-order chi connectivity index (χ0) is 4.12. The van der Waals surface area contributed by atoms with E-state index in [-0.39, 0.29) is 6.61 Å². The van der Waals surface area contributed by atoms with E-state index in [4.69, 9.17) is 5.11 Å². The third-order valence-electron chi connectivity index (χ3n) is 0.191. The molecule has 0 radical (unpaired) electrons. The lowest BCUT2D eigenvalue weighted by Crippen LogP contribution is -1.82. The highest BCUT2D eigenvalue weighted by molar-refractivity contribution is 7.47. The SMILES string of the molecule is OCCN=S. The number of aliphatic hydroxyl groups excluding tert-OH is 1. The fraction of sp³-hybridized carbons (Fsp3) is 1.00. The van der Waals surface area contributed by atoms with Crippen LogP contribution in [0.25, 0.3) is 0 Å². The van der Waals surface area contributed by atoms with Crippen LogP contribution in [0.2, 0.25) is 0 Å². The van der Waals surface area contributed by atoms with Gasteiger partial charge in [0, 0.05) is 12.4 Å². The zero-order valence-corrected chi connectivity index (χ0v) is 3.53. The molecule has 0 aromatic rings. The molecule has 0 amide bonds. The van der Waals surface area contributed by atoms with Gasteiger partial charge in [-0.05, 0) is 0 Å². The Labute approximate surface area is 36.0 Å². The van der Waals surface area contributed by atoms with Crippen molar-refractivity contribution in [3.05, 3.63) is 0 Å². The van der Waals surface area contributed by atoms with E-state index in [1.807, 2.05) is 0 Å². The summed E-state index contributed by atoms with van der Waals surface area (Å²) < 4.78 is 3.19. The Morgan fingerprint density at radius 1 is 1.80 bits per heavy atom. The minimum absolute atomic E-state index is 0.0729. The molecule has 0 fully saturated rings. The van der Waals surface area contributed by atoms with Crippen LogP contribution in [0.1, 0.15) is 0 Å². The van der Waals surface area contributed by atoms with Gasteiger partial charge in [0.1, 0.15) is 0 Å². The highest BCUT2D eigenvalue weighted by Gasteiger charge is 1.64. The van der Waals surface area contributed by atoms with Crippen molar-refractivity contribution in [2.45, 2.75) is 0 Å². The Kier molecular flexibility index (Phi) is 3.96. The Hall–Kier alpha value is -0.0200. The summed E-state index contributed by atoms with van der Waals surface area (Å²) in [6.07, 6.45) is 0. The second-order valence-corrected chi connectivity index (χ2v) is 0.835. The summed E-state index contributed by atoms with van der Waals surface area (Å²) in [7, 11) is 0. The van der Waals surface area contributed by atoms with Crippen LogP contribution in [0.5, 0.6) is 0 Å². The summed E-state index contributed by atoms with van der Waals surface area (Å²) in [5.41, 5.74) is 0. The average molecular weight is 91.1 g/mol. The molecule has 0 aromatic carbocycles. The summed E-state index contributed by atoms with van der Waals surface area (Å²) in [5, 5.41) is 7.91. The molecule has 0 bridgehead atoms. The third kappa shape index (κ3) is 3.98. The van der Waals surface area contributed by atoms with E-state index in [9.17, 15) is 0 Å². The lowest BCUT2D eigenvalue weighted by Gasteiger charge is -1.72. The molecule has 0 aromatic heterocycles. The molecular weight excluding hydrogens is 86.1 g/mol. The smallest absolute Gasteiger partial charge is 0.0752 e. The van der Waals surface area contributed by atoms with Gasteiger partial charge < -0.3 is 5.11 Å². The van der Waals surface area contributed by atoms with Gasteiger partial charge in [-0.2, -0.15) is 0 Å². The molecule has 2 nitrogen and oxygen atoms in total. The van der Waals surface area contributed by atoms with Crippen molar-refractivity contribution in [3.63, 3.8) is 0 Å².